The highest BCUT2D eigenvalue weighted by atomic mass is 79.9. The molecule has 1 aromatic heterocycles. The summed E-state index contributed by atoms with van der Waals surface area (Å²) in [4.78, 5) is 16.6. The fourth-order valence-corrected chi connectivity index (χ4v) is 2.51. The molecule has 0 spiro atoms. The van der Waals surface area contributed by atoms with Gasteiger partial charge < -0.3 is 10.6 Å². The van der Waals surface area contributed by atoms with E-state index < -0.39 is 0 Å². The maximum absolute atomic E-state index is 12.3. The number of carbonyl (C=O) groups is 1. The first-order chi connectivity index (χ1) is 9.61. The van der Waals surface area contributed by atoms with Gasteiger partial charge in [0.05, 0.1) is 5.56 Å². The van der Waals surface area contributed by atoms with Crippen molar-refractivity contribution in [3.05, 3.63) is 22.3 Å². The van der Waals surface area contributed by atoms with Gasteiger partial charge in [-0.3, -0.25) is 4.79 Å². The Morgan fingerprint density at radius 1 is 1.55 bits per heavy atom. The number of hydrogen-bond donors (Lipinski definition) is 2. The zero-order valence-corrected chi connectivity index (χ0v) is 13.7. The summed E-state index contributed by atoms with van der Waals surface area (Å²) in [6.07, 6.45) is 5.32. The molecule has 1 fully saturated rings. The van der Waals surface area contributed by atoms with Gasteiger partial charge in [0.1, 0.15) is 5.82 Å². The summed E-state index contributed by atoms with van der Waals surface area (Å²) in [5.41, 5.74) is 0.607. The summed E-state index contributed by atoms with van der Waals surface area (Å²) in [6.45, 7) is 5.84. The highest BCUT2D eigenvalue weighted by Crippen LogP contribution is 2.36. The molecule has 1 atom stereocenters. The first-order valence-electron chi connectivity index (χ1n) is 7.29. The predicted octanol–water partition coefficient (Wildman–Crippen LogP) is 3.44. The van der Waals surface area contributed by atoms with Crippen LogP contribution in [0.25, 0.3) is 0 Å². The molecule has 0 radical (unpaired) electrons. The van der Waals surface area contributed by atoms with E-state index in [0.717, 1.165) is 29.9 Å². The van der Waals surface area contributed by atoms with Gasteiger partial charge in [0.25, 0.3) is 5.91 Å². The monoisotopic (exact) mass is 339 g/mol. The van der Waals surface area contributed by atoms with E-state index in [0.29, 0.717) is 17.3 Å². The van der Waals surface area contributed by atoms with Gasteiger partial charge >= 0.3 is 0 Å². The molecule has 0 bridgehead atoms. The van der Waals surface area contributed by atoms with E-state index in [1.807, 2.05) is 6.07 Å². The average Bonchev–Trinajstić information content (AvgIpc) is 3.27. The van der Waals surface area contributed by atoms with E-state index >= 15 is 0 Å². The second-order valence-electron chi connectivity index (χ2n) is 5.50. The van der Waals surface area contributed by atoms with Crippen molar-refractivity contribution >= 4 is 27.7 Å². The molecule has 2 N–H and O–H groups in total. The lowest BCUT2D eigenvalue weighted by molar-refractivity contribution is 0.0947. The van der Waals surface area contributed by atoms with Crippen LogP contribution in [-0.2, 0) is 0 Å². The Kier molecular flexibility index (Phi) is 5.40. The molecule has 5 heteroatoms. The molecule has 4 nitrogen and oxygen atoms in total. The highest BCUT2D eigenvalue weighted by Gasteiger charge is 2.28. The lowest BCUT2D eigenvalue weighted by Gasteiger charge is -2.14. The van der Waals surface area contributed by atoms with Gasteiger partial charge in [-0.05, 0) is 53.1 Å². The van der Waals surface area contributed by atoms with E-state index in [2.05, 4.69) is 45.4 Å². The van der Waals surface area contributed by atoms with Gasteiger partial charge in [-0.15, -0.1) is 0 Å². The molecule has 0 saturated heterocycles. The molecule has 1 saturated carbocycles. The zero-order valence-electron chi connectivity index (χ0n) is 12.1. The zero-order chi connectivity index (χ0) is 14.5. The van der Waals surface area contributed by atoms with Crippen molar-refractivity contribution in [1.82, 2.24) is 10.3 Å². The minimum atomic E-state index is -0.0510. The molecule has 20 heavy (non-hydrogen) atoms. The first kappa shape index (κ1) is 15.3. The fraction of sp³-hybridized carbons (Fsp3) is 0.600. The Morgan fingerprint density at radius 3 is 2.95 bits per heavy atom. The van der Waals surface area contributed by atoms with Crippen LogP contribution in [0.5, 0.6) is 0 Å². The maximum Gasteiger partial charge on any atom is 0.255 e. The molecule has 0 aromatic carbocycles. The van der Waals surface area contributed by atoms with Crippen LogP contribution in [0.3, 0.4) is 0 Å². The van der Waals surface area contributed by atoms with Crippen molar-refractivity contribution in [3.63, 3.8) is 0 Å². The SMILES string of the molecule is CCCNc1ncc(Br)cc1C(=O)NCC(C)C1CC1. The molecule has 1 aliphatic carbocycles. The van der Waals surface area contributed by atoms with Crippen LogP contribution < -0.4 is 10.6 Å². The van der Waals surface area contributed by atoms with E-state index in [1.54, 1.807) is 6.20 Å². The van der Waals surface area contributed by atoms with Crippen LogP contribution in [0.15, 0.2) is 16.7 Å². The van der Waals surface area contributed by atoms with Crippen molar-refractivity contribution in [1.29, 1.82) is 0 Å². The summed E-state index contributed by atoms with van der Waals surface area (Å²) in [6, 6.07) is 1.82. The van der Waals surface area contributed by atoms with Crippen LogP contribution in [0.4, 0.5) is 5.82 Å². The normalized spacial score (nSPS) is 15.8. The van der Waals surface area contributed by atoms with Crippen LogP contribution >= 0.6 is 15.9 Å². The standard InChI is InChI=1S/C15H22BrN3O/c1-3-6-17-14-13(7-12(16)9-18-14)15(20)19-8-10(2)11-4-5-11/h7,9-11H,3-6,8H2,1-2H3,(H,17,18)(H,19,20). The number of rotatable bonds is 7. The number of aromatic nitrogens is 1. The molecule has 2 rings (SSSR count). The second-order valence-corrected chi connectivity index (χ2v) is 6.42. The number of nitrogens with one attached hydrogen (secondary N) is 2. The quantitative estimate of drug-likeness (QED) is 0.799. The van der Waals surface area contributed by atoms with Gasteiger partial charge in [-0.25, -0.2) is 4.98 Å². The fourth-order valence-electron chi connectivity index (χ4n) is 2.18. The van der Waals surface area contributed by atoms with Gasteiger partial charge in [-0.1, -0.05) is 13.8 Å². The van der Waals surface area contributed by atoms with Gasteiger partial charge in [0.2, 0.25) is 0 Å². The molecular weight excluding hydrogens is 318 g/mol. The van der Waals surface area contributed by atoms with Crippen molar-refractivity contribution in [2.24, 2.45) is 11.8 Å². The van der Waals surface area contributed by atoms with Crippen LogP contribution in [0.1, 0.15) is 43.5 Å². The number of pyridine rings is 1. The highest BCUT2D eigenvalue weighted by molar-refractivity contribution is 9.10. The van der Waals surface area contributed by atoms with Crippen molar-refractivity contribution in [2.45, 2.75) is 33.1 Å². The summed E-state index contributed by atoms with van der Waals surface area (Å²) >= 11 is 3.38. The van der Waals surface area contributed by atoms with E-state index in [4.69, 9.17) is 0 Å². The maximum atomic E-state index is 12.3. The Morgan fingerprint density at radius 2 is 2.30 bits per heavy atom. The summed E-state index contributed by atoms with van der Waals surface area (Å²) in [5.74, 6) is 1.97. The molecule has 1 aromatic rings. The smallest absolute Gasteiger partial charge is 0.255 e. The first-order valence-corrected chi connectivity index (χ1v) is 8.08. The molecule has 1 unspecified atom stereocenters. The number of nitrogens with zero attached hydrogens (tertiary/aromatic N) is 1. The molecular formula is C15H22BrN3O. The van der Waals surface area contributed by atoms with Crippen LogP contribution in [-0.4, -0.2) is 24.0 Å². The van der Waals surface area contributed by atoms with Gasteiger partial charge in [0, 0.05) is 23.8 Å². The Labute approximate surface area is 128 Å². The third-order valence-corrected chi connectivity index (χ3v) is 4.09. The topological polar surface area (TPSA) is 54.0 Å². The number of amides is 1. The van der Waals surface area contributed by atoms with E-state index in [9.17, 15) is 4.79 Å². The molecule has 1 aliphatic rings. The average molecular weight is 340 g/mol. The number of carbonyl (C=O) groups excluding carboxylic acids is 1. The molecule has 110 valence electrons. The van der Waals surface area contributed by atoms with Gasteiger partial charge in [0.15, 0.2) is 0 Å². The third-order valence-electron chi connectivity index (χ3n) is 3.65. The third kappa shape index (κ3) is 4.20. The minimum absolute atomic E-state index is 0.0510. The summed E-state index contributed by atoms with van der Waals surface area (Å²) in [7, 11) is 0. The van der Waals surface area contributed by atoms with Gasteiger partial charge in [-0.2, -0.15) is 0 Å². The summed E-state index contributed by atoms with van der Waals surface area (Å²) < 4.78 is 0.819. The minimum Gasteiger partial charge on any atom is -0.369 e. The van der Waals surface area contributed by atoms with Crippen molar-refractivity contribution in [2.75, 3.05) is 18.4 Å². The lowest BCUT2D eigenvalue weighted by Crippen LogP contribution is -2.30. The second kappa shape index (κ2) is 7.07. The predicted molar refractivity (Wildman–Crippen MR) is 84.9 cm³/mol. The molecule has 1 amide bonds. The summed E-state index contributed by atoms with van der Waals surface area (Å²) in [5, 5.41) is 6.23. The van der Waals surface area contributed by atoms with Crippen LogP contribution in [0, 0.1) is 11.8 Å². The Bertz CT molecular complexity index is 474. The Hall–Kier alpha value is -1.10. The molecule has 1 heterocycles. The number of anilines is 1. The van der Waals surface area contributed by atoms with Crippen LogP contribution in [0.2, 0.25) is 0 Å². The number of hydrogen-bond acceptors (Lipinski definition) is 3. The Balaban J connectivity index is 2.00. The van der Waals surface area contributed by atoms with E-state index in [1.165, 1.54) is 12.8 Å². The lowest BCUT2D eigenvalue weighted by atomic mass is 10.1. The number of halogens is 1. The van der Waals surface area contributed by atoms with Crippen molar-refractivity contribution in [3.8, 4) is 0 Å². The van der Waals surface area contributed by atoms with E-state index in [-0.39, 0.29) is 5.91 Å². The largest absolute Gasteiger partial charge is 0.369 e. The molecule has 0 aliphatic heterocycles. The van der Waals surface area contributed by atoms with Crippen molar-refractivity contribution < 1.29 is 4.79 Å².